The van der Waals surface area contributed by atoms with Crippen LogP contribution in [0.25, 0.3) is 27.8 Å². The van der Waals surface area contributed by atoms with Gasteiger partial charge in [0.2, 0.25) is 0 Å². The minimum Gasteiger partial charge on any atom is -0.369 e. The van der Waals surface area contributed by atoms with Crippen LogP contribution >= 0.6 is 11.6 Å². The van der Waals surface area contributed by atoms with Crippen molar-refractivity contribution in [1.82, 2.24) is 19.8 Å². The highest BCUT2D eigenvalue weighted by molar-refractivity contribution is 6.30. The minimum absolute atomic E-state index is 0.349. The lowest BCUT2D eigenvalue weighted by molar-refractivity contribution is 0.802. The molecule has 148 valence electrons. The van der Waals surface area contributed by atoms with Crippen LogP contribution < -0.4 is 5.32 Å². The van der Waals surface area contributed by atoms with Gasteiger partial charge < -0.3 is 5.32 Å². The maximum Gasteiger partial charge on any atom is 0.186 e. The number of anilines is 1. The fourth-order valence-corrected chi connectivity index (χ4v) is 3.77. The van der Waals surface area contributed by atoms with Crippen LogP contribution in [-0.4, -0.2) is 26.4 Å². The quantitative estimate of drug-likeness (QED) is 0.394. The normalized spacial score (nSPS) is 12.3. The molecule has 0 aliphatic heterocycles. The number of halogens is 1. The smallest absolute Gasteiger partial charge is 0.186 e. The first-order valence-electron chi connectivity index (χ1n) is 9.89. The molecule has 5 rings (SSSR count). The Bertz CT molecular complexity index is 1310. The van der Waals surface area contributed by atoms with Crippen LogP contribution in [0, 0.1) is 0 Å². The summed E-state index contributed by atoms with van der Waals surface area (Å²) in [6, 6.07) is 26.2. The number of hydrogen-bond donors (Lipinski definition) is 1. The van der Waals surface area contributed by atoms with Crippen molar-refractivity contribution in [1.29, 1.82) is 0 Å². The summed E-state index contributed by atoms with van der Waals surface area (Å²) in [5, 5.41) is 14.0. The third kappa shape index (κ3) is 3.37. The minimum atomic E-state index is 0.349. The molecule has 0 saturated carbocycles. The second-order valence-electron chi connectivity index (χ2n) is 7.35. The number of aromatic nitrogens is 4. The average molecular weight is 414 g/mol. The Morgan fingerprint density at radius 2 is 1.67 bits per heavy atom. The highest BCUT2D eigenvalue weighted by Crippen LogP contribution is 2.29. The fourth-order valence-electron chi connectivity index (χ4n) is 3.64. The van der Waals surface area contributed by atoms with Gasteiger partial charge in [0, 0.05) is 22.5 Å². The van der Waals surface area contributed by atoms with E-state index in [-0.39, 0.29) is 0 Å². The molecular weight excluding hydrogens is 394 g/mol. The molecule has 1 N–H and O–H groups in total. The van der Waals surface area contributed by atoms with E-state index in [0.29, 0.717) is 16.6 Å². The molecular formula is C24H20ClN5. The third-order valence-electron chi connectivity index (χ3n) is 5.31. The van der Waals surface area contributed by atoms with E-state index < -0.39 is 0 Å². The molecule has 0 aliphatic carbocycles. The number of hydrogen-bond acceptors (Lipinski definition) is 4. The van der Waals surface area contributed by atoms with Crippen molar-refractivity contribution >= 4 is 34.0 Å². The first-order chi connectivity index (χ1) is 14.7. The number of nitrogens with zero attached hydrogens (tertiary/aromatic N) is 4. The second kappa shape index (κ2) is 7.76. The SMILES string of the molecule is C[C@@H](CNc1nc2c(-c3ccc(Cl)cc3)nnn2c2ccccc12)c1ccccc1. The van der Waals surface area contributed by atoms with Crippen LogP contribution in [0.3, 0.4) is 0 Å². The Kier molecular flexibility index (Phi) is 4.81. The summed E-state index contributed by atoms with van der Waals surface area (Å²) in [5.74, 6) is 1.18. The molecule has 0 radical (unpaired) electrons. The molecule has 5 nitrogen and oxygen atoms in total. The number of rotatable bonds is 5. The number of benzene rings is 3. The highest BCUT2D eigenvalue weighted by Gasteiger charge is 2.16. The van der Waals surface area contributed by atoms with Crippen LogP contribution in [0.5, 0.6) is 0 Å². The lowest BCUT2D eigenvalue weighted by Gasteiger charge is -2.15. The molecule has 0 saturated heterocycles. The monoisotopic (exact) mass is 413 g/mol. The predicted molar refractivity (Wildman–Crippen MR) is 122 cm³/mol. The molecule has 0 spiro atoms. The van der Waals surface area contributed by atoms with Crippen molar-refractivity contribution in [3.8, 4) is 11.3 Å². The molecule has 6 heteroatoms. The molecule has 0 aliphatic rings. The first-order valence-corrected chi connectivity index (χ1v) is 10.3. The maximum atomic E-state index is 6.05. The zero-order valence-electron chi connectivity index (χ0n) is 16.5. The summed E-state index contributed by atoms with van der Waals surface area (Å²) in [5.41, 5.74) is 4.64. The third-order valence-corrected chi connectivity index (χ3v) is 5.57. The Balaban J connectivity index is 1.58. The zero-order chi connectivity index (χ0) is 20.5. The van der Waals surface area contributed by atoms with Crippen molar-refractivity contribution in [3.63, 3.8) is 0 Å². The van der Waals surface area contributed by atoms with Crippen molar-refractivity contribution in [2.75, 3.05) is 11.9 Å². The first kappa shape index (κ1) is 18.6. The standard InChI is InChI=1S/C24H20ClN5/c1-16(17-7-3-2-4-8-17)15-26-23-20-9-5-6-10-21(20)30-24(27-23)22(28-29-30)18-11-13-19(25)14-12-18/h2-14,16H,15H2,1H3,(H,26,27)/t16-/m0/s1. The second-order valence-corrected chi connectivity index (χ2v) is 7.79. The van der Waals surface area contributed by atoms with Crippen LogP contribution in [0.4, 0.5) is 5.82 Å². The van der Waals surface area contributed by atoms with E-state index in [0.717, 1.165) is 34.5 Å². The zero-order valence-corrected chi connectivity index (χ0v) is 17.2. The van der Waals surface area contributed by atoms with Gasteiger partial charge in [0.1, 0.15) is 11.5 Å². The van der Waals surface area contributed by atoms with Gasteiger partial charge in [0.05, 0.1) is 5.52 Å². The molecule has 0 bridgehead atoms. The lowest BCUT2D eigenvalue weighted by Crippen LogP contribution is -2.12. The van der Waals surface area contributed by atoms with E-state index in [1.165, 1.54) is 5.56 Å². The highest BCUT2D eigenvalue weighted by atomic mass is 35.5. The fraction of sp³-hybridized carbons (Fsp3) is 0.125. The van der Waals surface area contributed by atoms with Gasteiger partial charge in [0.25, 0.3) is 0 Å². The van der Waals surface area contributed by atoms with Gasteiger partial charge in [-0.3, -0.25) is 0 Å². The summed E-state index contributed by atoms with van der Waals surface area (Å²) in [7, 11) is 0. The molecule has 5 aromatic rings. The van der Waals surface area contributed by atoms with E-state index in [1.54, 1.807) is 4.52 Å². The summed E-state index contributed by atoms with van der Waals surface area (Å²) >= 11 is 6.05. The van der Waals surface area contributed by atoms with Gasteiger partial charge in [-0.05, 0) is 35.7 Å². The van der Waals surface area contributed by atoms with Crippen LogP contribution in [0.1, 0.15) is 18.4 Å². The Hall–Kier alpha value is -3.44. The molecule has 3 aromatic carbocycles. The molecule has 2 aromatic heterocycles. The van der Waals surface area contributed by atoms with Crippen molar-refractivity contribution in [2.45, 2.75) is 12.8 Å². The van der Waals surface area contributed by atoms with Crippen LogP contribution in [0.15, 0.2) is 78.9 Å². The maximum absolute atomic E-state index is 6.05. The molecule has 1 atom stereocenters. The number of fused-ring (bicyclic) bond motifs is 3. The summed E-state index contributed by atoms with van der Waals surface area (Å²) in [4.78, 5) is 4.92. The lowest BCUT2D eigenvalue weighted by atomic mass is 10.0. The largest absolute Gasteiger partial charge is 0.369 e. The van der Waals surface area contributed by atoms with E-state index in [9.17, 15) is 0 Å². The molecule has 0 unspecified atom stereocenters. The van der Waals surface area contributed by atoms with E-state index >= 15 is 0 Å². The van der Waals surface area contributed by atoms with Crippen molar-refractivity contribution < 1.29 is 0 Å². The predicted octanol–water partition coefficient (Wildman–Crippen LogP) is 5.81. The molecule has 30 heavy (non-hydrogen) atoms. The van der Waals surface area contributed by atoms with Crippen LogP contribution in [0.2, 0.25) is 5.02 Å². The summed E-state index contributed by atoms with van der Waals surface area (Å²) in [6.45, 7) is 2.98. The number of para-hydroxylation sites is 1. The molecule has 0 fully saturated rings. The van der Waals surface area contributed by atoms with Gasteiger partial charge in [0.15, 0.2) is 5.65 Å². The molecule has 2 heterocycles. The van der Waals surface area contributed by atoms with Gasteiger partial charge in [-0.25, -0.2) is 4.98 Å². The Morgan fingerprint density at radius 1 is 0.933 bits per heavy atom. The Morgan fingerprint density at radius 3 is 2.47 bits per heavy atom. The Labute approximate surface area is 179 Å². The average Bonchev–Trinajstić information content (AvgIpc) is 3.22. The van der Waals surface area contributed by atoms with Gasteiger partial charge in [-0.2, -0.15) is 4.52 Å². The number of nitrogens with one attached hydrogen (secondary N) is 1. The van der Waals surface area contributed by atoms with Crippen molar-refractivity contribution in [2.24, 2.45) is 0 Å². The van der Waals surface area contributed by atoms with E-state index in [4.69, 9.17) is 16.6 Å². The van der Waals surface area contributed by atoms with E-state index in [2.05, 4.69) is 52.9 Å². The molecule has 0 amide bonds. The van der Waals surface area contributed by atoms with Crippen LogP contribution in [-0.2, 0) is 0 Å². The summed E-state index contributed by atoms with van der Waals surface area (Å²) < 4.78 is 1.80. The van der Waals surface area contributed by atoms with Crippen molar-refractivity contribution in [3.05, 3.63) is 89.4 Å². The van der Waals surface area contributed by atoms with Gasteiger partial charge in [-0.15, -0.1) is 5.10 Å². The van der Waals surface area contributed by atoms with E-state index in [1.807, 2.05) is 48.5 Å². The van der Waals surface area contributed by atoms with Gasteiger partial charge in [-0.1, -0.05) is 78.3 Å². The topological polar surface area (TPSA) is 55.1 Å². The summed E-state index contributed by atoms with van der Waals surface area (Å²) in [6.07, 6.45) is 0. The van der Waals surface area contributed by atoms with Gasteiger partial charge >= 0.3 is 0 Å².